The summed E-state index contributed by atoms with van der Waals surface area (Å²) in [5.74, 6) is 5.82. The van der Waals surface area contributed by atoms with Crippen molar-refractivity contribution in [2.24, 2.45) is 5.92 Å². The first-order valence-corrected chi connectivity index (χ1v) is 12.6. The number of likely N-dealkylation sites (tertiary alicyclic amines) is 1. The third kappa shape index (κ3) is 6.24. The second-order valence-electron chi connectivity index (χ2n) is 9.12. The Morgan fingerprint density at radius 3 is 2.44 bits per heavy atom. The molecule has 2 heterocycles. The topological polar surface area (TPSA) is 79.3 Å². The molecule has 0 bridgehead atoms. The van der Waals surface area contributed by atoms with Crippen LogP contribution in [0.3, 0.4) is 0 Å². The van der Waals surface area contributed by atoms with Gasteiger partial charge in [-0.15, -0.1) is 5.92 Å². The van der Waals surface area contributed by atoms with E-state index in [1.807, 2.05) is 34.9 Å². The largest absolute Gasteiger partial charge is 0.481 e. The molecule has 2 aliphatic rings. The summed E-state index contributed by atoms with van der Waals surface area (Å²) < 4.78 is 10.9. The van der Waals surface area contributed by atoms with Crippen molar-refractivity contribution in [3.8, 4) is 23.3 Å². The number of carboxylic acids is 1. The minimum Gasteiger partial charge on any atom is -0.481 e. The average molecular weight is 471 g/mol. The maximum atomic E-state index is 13.3. The van der Waals surface area contributed by atoms with Crippen molar-refractivity contribution in [1.82, 2.24) is 9.80 Å². The normalized spacial score (nSPS) is 21.2. The molecule has 1 amide bonds. The van der Waals surface area contributed by atoms with E-state index in [0.717, 1.165) is 50.8 Å². The minimum atomic E-state index is -0.887. The van der Waals surface area contributed by atoms with E-state index < -0.39 is 17.9 Å². The van der Waals surface area contributed by atoms with Crippen LogP contribution in [-0.4, -0.2) is 65.8 Å². The van der Waals surface area contributed by atoms with Crippen LogP contribution in [0.2, 0.25) is 0 Å². The second-order valence-corrected chi connectivity index (χ2v) is 9.12. The molecular weight excluding hydrogens is 432 g/mol. The molecule has 186 valence electrons. The summed E-state index contributed by atoms with van der Waals surface area (Å²) in [5.41, 5.74) is 0.878. The van der Waals surface area contributed by atoms with Gasteiger partial charge in [0.25, 0.3) is 0 Å². The fourth-order valence-corrected chi connectivity index (χ4v) is 4.67. The minimum absolute atomic E-state index is 0.0552. The summed E-state index contributed by atoms with van der Waals surface area (Å²) in [6, 6.07) is 5.10. The number of fused-ring (bicyclic) bond motifs is 1. The molecule has 3 atom stereocenters. The number of rotatable bonds is 11. The van der Waals surface area contributed by atoms with Crippen molar-refractivity contribution in [1.29, 1.82) is 0 Å². The van der Waals surface area contributed by atoms with Crippen LogP contribution in [0.4, 0.5) is 0 Å². The number of unbranched alkanes of at least 4 members (excludes halogenated alkanes) is 3. The first-order chi connectivity index (χ1) is 16.5. The van der Waals surface area contributed by atoms with Crippen LogP contribution >= 0.6 is 0 Å². The molecule has 1 aromatic rings. The standard InChI is InChI=1S/C27H38N2O5/c1-4-7-10-11-22-26(27(31)32)21(20-12-13-23-24(16-20)34-19-33-23)17-29(22)18-25(30)28(14-8-5-2)15-9-6-3/h12-13,16,21-22,26H,4-9,14-15,17-19H2,1-3H3,(H,31,32). The lowest BCUT2D eigenvalue weighted by atomic mass is 9.85. The van der Waals surface area contributed by atoms with Gasteiger partial charge in [0.2, 0.25) is 12.7 Å². The van der Waals surface area contributed by atoms with Crippen LogP contribution in [0, 0.1) is 17.8 Å². The van der Waals surface area contributed by atoms with E-state index in [9.17, 15) is 14.7 Å². The zero-order valence-electron chi connectivity index (χ0n) is 20.7. The number of aliphatic carboxylic acids is 1. The zero-order chi connectivity index (χ0) is 24.5. The third-order valence-electron chi connectivity index (χ3n) is 6.59. The van der Waals surface area contributed by atoms with Gasteiger partial charge in [0, 0.05) is 32.0 Å². The molecule has 3 unspecified atom stereocenters. The Morgan fingerprint density at radius 1 is 1.09 bits per heavy atom. The molecule has 1 N–H and O–H groups in total. The molecule has 0 spiro atoms. The molecule has 3 rings (SSSR count). The molecule has 34 heavy (non-hydrogen) atoms. The number of carbonyl (C=O) groups is 2. The molecule has 0 radical (unpaired) electrons. The highest BCUT2D eigenvalue weighted by Crippen LogP contribution is 2.41. The fraction of sp³-hybridized carbons (Fsp3) is 0.630. The number of carbonyl (C=O) groups excluding carboxylic acids is 1. The lowest BCUT2D eigenvalue weighted by Crippen LogP contribution is -2.44. The summed E-state index contributed by atoms with van der Waals surface area (Å²) in [4.78, 5) is 29.7. The first kappa shape index (κ1) is 25.9. The highest BCUT2D eigenvalue weighted by Gasteiger charge is 2.47. The van der Waals surface area contributed by atoms with Gasteiger partial charge in [-0.25, -0.2) is 0 Å². The monoisotopic (exact) mass is 470 g/mol. The van der Waals surface area contributed by atoms with Gasteiger partial charge in [-0.1, -0.05) is 45.6 Å². The molecule has 7 heteroatoms. The fourth-order valence-electron chi connectivity index (χ4n) is 4.67. The van der Waals surface area contributed by atoms with Crippen molar-refractivity contribution in [2.45, 2.75) is 71.3 Å². The highest BCUT2D eigenvalue weighted by atomic mass is 16.7. The van der Waals surface area contributed by atoms with Crippen LogP contribution in [0.15, 0.2) is 18.2 Å². The van der Waals surface area contributed by atoms with Crippen molar-refractivity contribution in [3.63, 3.8) is 0 Å². The van der Waals surface area contributed by atoms with E-state index >= 15 is 0 Å². The van der Waals surface area contributed by atoms with Gasteiger partial charge in [-0.3, -0.25) is 14.5 Å². The quantitative estimate of drug-likeness (QED) is 0.490. The van der Waals surface area contributed by atoms with Crippen LogP contribution in [0.5, 0.6) is 11.5 Å². The van der Waals surface area contributed by atoms with Gasteiger partial charge in [-0.2, -0.15) is 0 Å². The number of carboxylic acid groups (broad SMARTS) is 1. The zero-order valence-corrected chi connectivity index (χ0v) is 20.7. The lowest BCUT2D eigenvalue weighted by Gasteiger charge is -2.27. The number of benzene rings is 1. The predicted octanol–water partition coefficient (Wildman–Crippen LogP) is 4.12. The van der Waals surface area contributed by atoms with Gasteiger partial charge in [0.15, 0.2) is 11.5 Å². The molecule has 0 aliphatic carbocycles. The predicted molar refractivity (Wildman–Crippen MR) is 131 cm³/mol. The van der Waals surface area contributed by atoms with Gasteiger partial charge in [-0.05, 0) is 37.0 Å². The van der Waals surface area contributed by atoms with Crippen molar-refractivity contribution in [2.75, 3.05) is 33.0 Å². The summed E-state index contributed by atoms with van der Waals surface area (Å²) >= 11 is 0. The smallest absolute Gasteiger partial charge is 0.309 e. The van der Waals surface area contributed by atoms with Crippen molar-refractivity contribution in [3.05, 3.63) is 23.8 Å². The van der Waals surface area contributed by atoms with Gasteiger partial charge in [0.05, 0.1) is 18.5 Å². The second kappa shape index (κ2) is 12.7. The number of amides is 1. The van der Waals surface area contributed by atoms with Gasteiger partial charge < -0.3 is 19.5 Å². The Kier molecular flexibility index (Phi) is 9.64. The molecule has 1 saturated heterocycles. The first-order valence-electron chi connectivity index (χ1n) is 12.6. The third-order valence-corrected chi connectivity index (χ3v) is 6.59. The number of nitrogens with zero attached hydrogens (tertiary/aromatic N) is 2. The molecule has 1 aromatic carbocycles. The van der Waals surface area contributed by atoms with E-state index in [0.29, 0.717) is 24.5 Å². The summed E-state index contributed by atoms with van der Waals surface area (Å²) in [7, 11) is 0. The van der Waals surface area contributed by atoms with E-state index in [2.05, 4.69) is 25.7 Å². The maximum absolute atomic E-state index is 13.3. The number of hydrogen-bond acceptors (Lipinski definition) is 5. The van der Waals surface area contributed by atoms with Crippen molar-refractivity contribution >= 4 is 11.9 Å². The summed E-state index contributed by atoms with van der Waals surface area (Å²) in [6.07, 6.45) is 5.60. The Balaban J connectivity index is 1.87. The van der Waals surface area contributed by atoms with E-state index in [4.69, 9.17) is 9.47 Å². The Hall–Kier alpha value is -2.72. The van der Waals surface area contributed by atoms with Crippen molar-refractivity contribution < 1.29 is 24.2 Å². The molecule has 1 fully saturated rings. The van der Waals surface area contributed by atoms with Crippen LogP contribution < -0.4 is 9.47 Å². The van der Waals surface area contributed by atoms with Crippen LogP contribution in [0.25, 0.3) is 0 Å². The van der Waals surface area contributed by atoms with Crippen LogP contribution in [0.1, 0.15) is 70.8 Å². The lowest BCUT2D eigenvalue weighted by molar-refractivity contribution is -0.143. The van der Waals surface area contributed by atoms with E-state index in [1.54, 1.807) is 0 Å². The van der Waals surface area contributed by atoms with E-state index in [-0.39, 0.29) is 25.2 Å². The molecule has 0 aromatic heterocycles. The highest BCUT2D eigenvalue weighted by molar-refractivity contribution is 5.79. The number of hydrogen-bond donors (Lipinski definition) is 1. The summed E-state index contributed by atoms with van der Waals surface area (Å²) in [6.45, 7) is 8.59. The number of ether oxygens (including phenoxy) is 2. The SMILES string of the molecule is CCCC#CC1C(C(=O)O)C(c2ccc3c(c2)OCO3)CN1CC(=O)N(CCCC)CCCC. The van der Waals surface area contributed by atoms with Crippen LogP contribution in [-0.2, 0) is 9.59 Å². The molecular formula is C27H38N2O5. The molecule has 0 saturated carbocycles. The van der Waals surface area contributed by atoms with E-state index in [1.165, 1.54) is 0 Å². The summed E-state index contributed by atoms with van der Waals surface area (Å²) in [5, 5.41) is 10.2. The molecule has 7 nitrogen and oxygen atoms in total. The van der Waals surface area contributed by atoms with Gasteiger partial charge in [0.1, 0.15) is 0 Å². The maximum Gasteiger partial charge on any atom is 0.309 e. The Labute approximate surface area is 203 Å². The average Bonchev–Trinajstić information content (AvgIpc) is 3.43. The Bertz CT molecular complexity index is 898. The molecule has 2 aliphatic heterocycles. The van der Waals surface area contributed by atoms with Gasteiger partial charge >= 0.3 is 5.97 Å². The Morgan fingerprint density at radius 2 is 1.79 bits per heavy atom.